The van der Waals surface area contributed by atoms with Gasteiger partial charge >= 0.3 is 6.18 Å². The van der Waals surface area contributed by atoms with Gasteiger partial charge in [0.15, 0.2) is 22.9 Å². The van der Waals surface area contributed by atoms with E-state index < -0.39 is 59.5 Å². The Labute approximate surface area is 232 Å². The SMILES string of the molecule is CC(C)c1cc(-c2ccc(F)c(F)c2)nn2cc(C(=O)N3CCN(C(=O)C4CC(O)(C(F)(F)F)C4)CC3(C)C)nc12. The molecule has 2 aliphatic rings. The van der Waals surface area contributed by atoms with E-state index in [4.69, 9.17) is 0 Å². The summed E-state index contributed by atoms with van der Waals surface area (Å²) in [6, 6.07) is 5.20. The van der Waals surface area contributed by atoms with Crippen LogP contribution in [0.4, 0.5) is 22.0 Å². The van der Waals surface area contributed by atoms with E-state index in [0.717, 1.165) is 17.7 Å². The van der Waals surface area contributed by atoms with Gasteiger partial charge in [-0.15, -0.1) is 0 Å². The van der Waals surface area contributed by atoms with Gasteiger partial charge in [0, 0.05) is 36.7 Å². The highest BCUT2D eigenvalue weighted by molar-refractivity contribution is 5.94. The minimum absolute atomic E-state index is 0.0394. The van der Waals surface area contributed by atoms with Crippen LogP contribution in [0.2, 0.25) is 0 Å². The molecule has 41 heavy (non-hydrogen) atoms. The average molecular weight is 580 g/mol. The molecule has 13 heteroatoms. The van der Waals surface area contributed by atoms with Gasteiger partial charge in [0.2, 0.25) is 5.91 Å². The van der Waals surface area contributed by atoms with Crippen molar-refractivity contribution in [2.24, 2.45) is 5.92 Å². The lowest BCUT2D eigenvalue weighted by molar-refractivity contribution is -0.297. The molecule has 0 bridgehead atoms. The van der Waals surface area contributed by atoms with Crippen molar-refractivity contribution in [3.63, 3.8) is 0 Å². The largest absolute Gasteiger partial charge is 0.417 e. The van der Waals surface area contributed by atoms with Crippen molar-refractivity contribution in [3.05, 3.63) is 53.4 Å². The molecule has 2 amide bonds. The highest BCUT2D eigenvalue weighted by Gasteiger charge is 2.63. The molecule has 5 rings (SSSR count). The molecule has 2 aromatic heterocycles. The Bertz CT molecular complexity index is 1530. The van der Waals surface area contributed by atoms with Gasteiger partial charge in [-0.25, -0.2) is 18.3 Å². The van der Waals surface area contributed by atoms with Crippen LogP contribution in [0.5, 0.6) is 0 Å². The molecule has 0 radical (unpaired) electrons. The molecule has 220 valence electrons. The lowest BCUT2D eigenvalue weighted by Crippen LogP contribution is -2.65. The van der Waals surface area contributed by atoms with Crippen molar-refractivity contribution in [1.29, 1.82) is 0 Å². The number of carbonyl (C=O) groups is 2. The molecule has 1 saturated carbocycles. The van der Waals surface area contributed by atoms with Gasteiger partial charge in [-0.3, -0.25) is 9.59 Å². The number of aromatic nitrogens is 3. The number of hydrogen-bond donors (Lipinski definition) is 1. The number of rotatable bonds is 4. The fourth-order valence-corrected chi connectivity index (χ4v) is 5.60. The Kier molecular flexibility index (Phi) is 6.87. The fourth-order valence-electron chi connectivity index (χ4n) is 5.60. The lowest BCUT2D eigenvalue weighted by atomic mass is 9.69. The minimum Gasteiger partial charge on any atom is -0.380 e. The van der Waals surface area contributed by atoms with E-state index in [1.807, 2.05) is 13.8 Å². The first-order chi connectivity index (χ1) is 19.0. The van der Waals surface area contributed by atoms with E-state index in [0.29, 0.717) is 16.9 Å². The average Bonchev–Trinajstić information content (AvgIpc) is 3.30. The smallest absolute Gasteiger partial charge is 0.380 e. The molecule has 1 aliphatic carbocycles. The third-order valence-electron chi connectivity index (χ3n) is 8.01. The fraction of sp³-hybridized carbons (Fsp3) is 0.500. The number of amides is 2. The van der Waals surface area contributed by atoms with Gasteiger partial charge in [0.25, 0.3) is 5.91 Å². The quantitative estimate of drug-likeness (QED) is 0.458. The molecular weight excluding hydrogens is 549 g/mol. The predicted octanol–water partition coefficient (Wildman–Crippen LogP) is 4.56. The molecule has 0 atom stereocenters. The van der Waals surface area contributed by atoms with Crippen molar-refractivity contribution in [2.75, 3.05) is 19.6 Å². The maximum atomic E-state index is 13.9. The monoisotopic (exact) mass is 579 g/mol. The Hall–Kier alpha value is -3.61. The summed E-state index contributed by atoms with van der Waals surface area (Å²) >= 11 is 0. The number of nitrogens with zero attached hydrogens (tertiary/aromatic N) is 5. The summed E-state index contributed by atoms with van der Waals surface area (Å²) in [7, 11) is 0. The number of fused-ring (bicyclic) bond motifs is 1. The highest BCUT2D eigenvalue weighted by atomic mass is 19.4. The molecule has 1 aromatic carbocycles. The maximum Gasteiger partial charge on any atom is 0.417 e. The standard InChI is InChI=1S/C28H30F5N5O3/c1-15(2)18-10-21(16-5-6-19(29)20(30)9-16)35-38-13-22(34-23(18)38)25(40)37-8-7-36(14-26(37,3)4)24(39)17-11-27(41,12-17)28(31,32)33/h5-6,9-10,13,15,17,41H,7-8,11-12,14H2,1-4H3. The second kappa shape index (κ2) is 9.74. The molecular formula is C28H30F5N5O3. The van der Waals surface area contributed by atoms with Crippen LogP contribution in [0.15, 0.2) is 30.5 Å². The van der Waals surface area contributed by atoms with Crippen molar-refractivity contribution in [2.45, 2.75) is 63.8 Å². The van der Waals surface area contributed by atoms with E-state index >= 15 is 0 Å². The number of hydrogen-bond acceptors (Lipinski definition) is 5. The Balaban J connectivity index is 1.37. The van der Waals surface area contributed by atoms with Gasteiger partial charge in [-0.2, -0.15) is 18.3 Å². The first kappa shape index (κ1) is 28.9. The van der Waals surface area contributed by atoms with Crippen LogP contribution in [0.3, 0.4) is 0 Å². The van der Waals surface area contributed by atoms with Crippen molar-refractivity contribution in [3.8, 4) is 11.3 Å². The molecule has 3 aromatic rings. The maximum absolute atomic E-state index is 13.9. The Morgan fingerprint density at radius 3 is 2.34 bits per heavy atom. The molecule has 0 unspecified atom stereocenters. The second-order valence-corrected chi connectivity index (χ2v) is 11.8. The molecule has 1 aliphatic heterocycles. The van der Waals surface area contributed by atoms with Gasteiger partial charge < -0.3 is 14.9 Å². The number of halogens is 5. The van der Waals surface area contributed by atoms with E-state index in [1.54, 1.807) is 24.8 Å². The molecule has 1 saturated heterocycles. The van der Waals surface area contributed by atoms with Crippen molar-refractivity contribution >= 4 is 17.5 Å². The summed E-state index contributed by atoms with van der Waals surface area (Å²) in [6.45, 7) is 7.72. The van der Waals surface area contributed by atoms with Crippen LogP contribution in [0.25, 0.3) is 16.9 Å². The summed E-state index contributed by atoms with van der Waals surface area (Å²) < 4.78 is 67.9. The molecule has 0 spiro atoms. The van der Waals surface area contributed by atoms with Gasteiger partial charge in [-0.05, 0) is 56.9 Å². The van der Waals surface area contributed by atoms with Gasteiger partial charge in [0.05, 0.1) is 17.4 Å². The van der Waals surface area contributed by atoms with E-state index in [9.17, 15) is 36.6 Å². The molecule has 1 N–H and O–H groups in total. The zero-order valence-electron chi connectivity index (χ0n) is 23.0. The molecule has 3 heterocycles. The first-order valence-corrected chi connectivity index (χ1v) is 13.3. The van der Waals surface area contributed by atoms with Crippen LogP contribution in [-0.2, 0) is 4.79 Å². The third-order valence-corrected chi connectivity index (χ3v) is 8.01. The van der Waals surface area contributed by atoms with Crippen molar-refractivity contribution < 1.29 is 36.6 Å². The van der Waals surface area contributed by atoms with Crippen LogP contribution in [-0.4, -0.2) is 78.3 Å². The summed E-state index contributed by atoms with van der Waals surface area (Å²) in [5.74, 6) is -3.83. The van der Waals surface area contributed by atoms with E-state index in [1.165, 1.54) is 21.7 Å². The predicted molar refractivity (Wildman–Crippen MR) is 138 cm³/mol. The number of piperazine rings is 1. The number of imidazole rings is 1. The van der Waals surface area contributed by atoms with Gasteiger partial charge in [-0.1, -0.05) is 13.8 Å². The van der Waals surface area contributed by atoms with E-state index in [-0.39, 0.29) is 31.2 Å². The third kappa shape index (κ3) is 5.04. The van der Waals surface area contributed by atoms with Crippen LogP contribution >= 0.6 is 0 Å². The number of alkyl halides is 3. The van der Waals surface area contributed by atoms with Crippen LogP contribution in [0.1, 0.15) is 62.5 Å². The zero-order valence-corrected chi connectivity index (χ0v) is 23.0. The summed E-state index contributed by atoms with van der Waals surface area (Å²) in [5.41, 5.74) is -1.69. The summed E-state index contributed by atoms with van der Waals surface area (Å²) in [6.07, 6.45) is -4.67. The van der Waals surface area contributed by atoms with Crippen molar-refractivity contribution in [1.82, 2.24) is 24.4 Å². The van der Waals surface area contributed by atoms with E-state index in [2.05, 4.69) is 10.1 Å². The topological polar surface area (TPSA) is 91.0 Å². The second-order valence-electron chi connectivity index (χ2n) is 11.8. The normalized spacial score (nSPS) is 22.8. The first-order valence-electron chi connectivity index (χ1n) is 13.3. The van der Waals surface area contributed by atoms with Gasteiger partial charge in [0.1, 0.15) is 5.69 Å². The number of aliphatic hydroxyl groups is 1. The lowest BCUT2D eigenvalue weighted by Gasteiger charge is -2.50. The Morgan fingerprint density at radius 2 is 1.76 bits per heavy atom. The Morgan fingerprint density at radius 1 is 1.07 bits per heavy atom. The molecule has 8 nitrogen and oxygen atoms in total. The molecule has 2 fully saturated rings. The summed E-state index contributed by atoms with van der Waals surface area (Å²) in [5, 5.41) is 14.2. The summed E-state index contributed by atoms with van der Waals surface area (Å²) in [4.78, 5) is 34.1. The zero-order chi connectivity index (χ0) is 30.1. The number of benzene rings is 1. The minimum atomic E-state index is -4.79. The highest BCUT2D eigenvalue weighted by Crippen LogP contribution is 2.49. The van der Waals surface area contributed by atoms with Crippen LogP contribution < -0.4 is 0 Å². The number of carbonyl (C=O) groups excluding carboxylic acids is 2. The van der Waals surface area contributed by atoms with Crippen LogP contribution in [0, 0.1) is 17.6 Å².